The van der Waals surface area contributed by atoms with E-state index < -0.39 is 0 Å². The number of benzene rings is 1. The van der Waals surface area contributed by atoms with Gasteiger partial charge in [0.1, 0.15) is 4.60 Å². The minimum atomic E-state index is 0.730. The van der Waals surface area contributed by atoms with E-state index >= 15 is 0 Å². The van der Waals surface area contributed by atoms with Gasteiger partial charge in [-0.05, 0) is 58.9 Å². The molecule has 0 atom stereocenters. The van der Waals surface area contributed by atoms with Gasteiger partial charge in [0.15, 0.2) is 0 Å². The second kappa shape index (κ2) is 6.42. The zero-order valence-corrected chi connectivity index (χ0v) is 16.0. The van der Waals surface area contributed by atoms with Crippen LogP contribution < -0.4 is 0 Å². The molecule has 21 heavy (non-hydrogen) atoms. The zero-order chi connectivity index (χ0) is 15.7. The van der Waals surface area contributed by atoms with Crippen molar-refractivity contribution < 1.29 is 0 Å². The van der Waals surface area contributed by atoms with Crippen molar-refractivity contribution in [2.24, 2.45) is 0 Å². The minimum Gasteiger partial charge on any atom is -0.239 e. The Labute approximate surface area is 149 Å². The summed E-state index contributed by atoms with van der Waals surface area (Å²) in [7, 11) is 0. The maximum atomic E-state index is 4.65. The molecule has 1 nitrogen and oxygen atoms in total. The van der Waals surface area contributed by atoms with E-state index in [-0.39, 0.29) is 0 Å². The van der Waals surface area contributed by atoms with Gasteiger partial charge < -0.3 is 0 Å². The van der Waals surface area contributed by atoms with Gasteiger partial charge in [-0.1, -0.05) is 50.6 Å². The lowest BCUT2D eigenvalue weighted by Crippen LogP contribution is -1.97. The van der Waals surface area contributed by atoms with Gasteiger partial charge >= 0.3 is 0 Å². The molecule has 0 N–H and O–H groups in total. The summed E-state index contributed by atoms with van der Waals surface area (Å²) >= 11 is 10.8. The van der Waals surface area contributed by atoms with Crippen molar-refractivity contribution in [3.8, 4) is 0 Å². The van der Waals surface area contributed by atoms with Crippen LogP contribution in [0, 0.1) is 0 Å². The van der Waals surface area contributed by atoms with Crippen LogP contribution in [-0.2, 0) is 0 Å². The molecule has 0 unspecified atom stereocenters. The van der Waals surface area contributed by atoms with Crippen LogP contribution in [0.4, 0.5) is 0 Å². The van der Waals surface area contributed by atoms with Crippen molar-refractivity contribution in [2.75, 3.05) is 0 Å². The molecule has 0 radical (unpaired) electrons. The largest absolute Gasteiger partial charge is 0.239 e. The fraction of sp³-hybridized carbons (Fsp3) is 0. The quantitative estimate of drug-likeness (QED) is 0.435. The Kier molecular flexibility index (Phi) is 5.02. The molecule has 0 aliphatic carbocycles. The summed E-state index contributed by atoms with van der Waals surface area (Å²) in [4.78, 5) is 4.65. The smallest absolute Gasteiger partial charge is 0.115 e. The lowest BCUT2D eigenvalue weighted by Gasteiger charge is -2.16. The fourth-order valence-corrected chi connectivity index (χ4v) is 4.54. The van der Waals surface area contributed by atoms with Gasteiger partial charge in [-0.25, -0.2) is 4.98 Å². The number of nitrogens with zero attached hydrogens (tertiary/aromatic N) is 1. The normalized spacial score (nSPS) is 10.4. The number of aromatic nitrogens is 1. The first kappa shape index (κ1) is 16.4. The van der Waals surface area contributed by atoms with E-state index in [1.807, 2.05) is 6.08 Å². The summed E-state index contributed by atoms with van der Waals surface area (Å²) in [6, 6.07) is 0. The third-order valence-corrected chi connectivity index (χ3v) is 5.51. The molecule has 0 saturated heterocycles. The number of hydrogen-bond acceptors (Lipinski definition) is 1. The molecule has 0 spiro atoms. The Morgan fingerprint density at radius 1 is 0.667 bits per heavy atom. The molecule has 4 heteroatoms. The topological polar surface area (TPSA) is 12.9 Å². The molecular weight excluding hydrogens is 458 g/mol. The maximum absolute atomic E-state index is 4.65. The van der Waals surface area contributed by atoms with Crippen molar-refractivity contribution >= 4 is 83.0 Å². The number of fused-ring (bicyclic) bond motifs is 1. The predicted molar refractivity (Wildman–Crippen MR) is 105 cm³/mol. The predicted octanol–water partition coefficient (Wildman–Crippen LogP) is 7.09. The molecule has 1 heterocycles. The second-order valence-corrected chi connectivity index (χ2v) is 6.56. The Bertz CT molecular complexity index is 804. The average molecular weight is 470 g/mol. The molecule has 1 aromatic heterocycles. The van der Waals surface area contributed by atoms with Crippen LogP contribution in [0.25, 0.3) is 35.2 Å². The van der Waals surface area contributed by atoms with Gasteiger partial charge in [0.25, 0.3) is 0 Å². The van der Waals surface area contributed by atoms with Gasteiger partial charge in [-0.15, -0.1) is 0 Å². The van der Waals surface area contributed by atoms with Crippen LogP contribution >= 0.6 is 47.8 Å². The maximum Gasteiger partial charge on any atom is 0.115 e. The summed E-state index contributed by atoms with van der Waals surface area (Å²) in [5, 5.41) is 0.969. The highest BCUT2D eigenvalue weighted by atomic mass is 79.9. The molecule has 0 fully saturated rings. The van der Waals surface area contributed by atoms with E-state index in [1.165, 1.54) is 0 Å². The van der Waals surface area contributed by atoms with Crippen LogP contribution in [0.2, 0.25) is 0 Å². The van der Waals surface area contributed by atoms with Crippen LogP contribution in [-0.4, -0.2) is 4.98 Å². The van der Waals surface area contributed by atoms with Crippen LogP contribution in [0.1, 0.15) is 22.3 Å². The summed E-state index contributed by atoms with van der Waals surface area (Å²) in [5.41, 5.74) is 4.59. The molecule has 0 saturated carbocycles. The molecule has 2 aromatic rings. The first-order chi connectivity index (χ1) is 10.0. The van der Waals surface area contributed by atoms with Gasteiger partial charge in [0, 0.05) is 25.5 Å². The van der Waals surface area contributed by atoms with Crippen molar-refractivity contribution in [2.45, 2.75) is 0 Å². The zero-order valence-electron chi connectivity index (χ0n) is 11.2. The lowest BCUT2D eigenvalue weighted by molar-refractivity contribution is 1.31. The average Bonchev–Trinajstić information content (AvgIpc) is 2.46. The van der Waals surface area contributed by atoms with E-state index in [2.05, 4.69) is 79.1 Å². The molecule has 1 aromatic carbocycles. The van der Waals surface area contributed by atoms with Crippen LogP contribution in [0.5, 0.6) is 0 Å². The third kappa shape index (κ3) is 2.50. The lowest BCUT2D eigenvalue weighted by atomic mass is 9.96. The second-order valence-electron chi connectivity index (χ2n) is 4.23. The van der Waals surface area contributed by atoms with E-state index in [9.17, 15) is 0 Å². The fourth-order valence-electron chi connectivity index (χ4n) is 2.26. The standard InChI is InChI=1S/C17H12Br3N/c1-5-9-10(6-2)14(18)11(7-3)16-13(9)15(19)12(8-4)17(20)21-16/h5-8H,1-4H2. The monoisotopic (exact) mass is 467 g/mol. The SMILES string of the molecule is C=Cc1c(Br)nc2c(C=C)c(Br)c(C=C)c(C=C)c2c1Br. The number of rotatable bonds is 4. The van der Waals surface area contributed by atoms with E-state index in [0.29, 0.717) is 0 Å². The first-order valence-electron chi connectivity index (χ1n) is 6.05. The highest BCUT2D eigenvalue weighted by Crippen LogP contribution is 2.41. The third-order valence-electron chi connectivity index (χ3n) is 3.23. The Balaban J connectivity index is 3.24. The first-order valence-corrected chi connectivity index (χ1v) is 8.43. The molecule has 0 aliphatic heterocycles. The number of halogens is 3. The van der Waals surface area contributed by atoms with Gasteiger partial charge in [0.2, 0.25) is 0 Å². The van der Waals surface area contributed by atoms with Crippen LogP contribution in [0.3, 0.4) is 0 Å². The van der Waals surface area contributed by atoms with Gasteiger partial charge in [-0.3, -0.25) is 0 Å². The Hall–Kier alpha value is -0.970. The van der Waals surface area contributed by atoms with Crippen molar-refractivity contribution in [1.29, 1.82) is 0 Å². The summed E-state index contributed by atoms with van der Waals surface area (Å²) in [5.74, 6) is 0. The van der Waals surface area contributed by atoms with Crippen molar-refractivity contribution in [3.63, 3.8) is 0 Å². The molecule has 0 amide bonds. The van der Waals surface area contributed by atoms with E-state index in [1.54, 1.807) is 18.2 Å². The summed E-state index contributed by atoms with van der Waals surface area (Å²) in [6.07, 6.45) is 7.15. The highest BCUT2D eigenvalue weighted by molar-refractivity contribution is 9.11. The molecule has 2 rings (SSSR count). The molecule has 0 aliphatic rings. The summed E-state index contributed by atoms with van der Waals surface area (Å²) in [6.45, 7) is 15.6. The minimum absolute atomic E-state index is 0.730. The number of hydrogen-bond donors (Lipinski definition) is 0. The van der Waals surface area contributed by atoms with E-state index in [0.717, 1.165) is 46.7 Å². The Morgan fingerprint density at radius 3 is 1.67 bits per heavy atom. The molecule has 0 bridgehead atoms. The van der Waals surface area contributed by atoms with Crippen molar-refractivity contribution in [3.05, 3.63) is 62.1 Å². The Morgan fingerprint density at radius 2 is 1.19 bits per heavy atom. The van der Waals surface area contributed by atoms with Gasteiger partial charge in [0.05, 0.1) is 5.52 Å². The van der Waals surface area contributed by atoms with E-state index in [4.69, 9.17) is 0 Å². The number of pyridine rings is 1. The molecular formula is C17H12Br3N. The van der Waals surface area contributed by atoms with Crippen LogP contribution in [0.15, 0.2) is 39.9 Å². The summed E-state index contributed by atoms with van der Waals surface area (Å²) < 4.78 is 2.56. The van der Waals surface area contributed by atoms with Gasteiger partial charge in [-0.2, -0.15) is 0 Å². The molecule has 106 valence electrons. The van der Waals surface area contributed by atoms with Crippen molar-refractivity contribution in [1.82, 2.24) is 4.98 Å². The highest BCUT2D eigenvalue weighted by Gasteiger charge is 2.19.